The molecule has 40 heavy (non-hydrogen) atoms. The molecule has 210 valence electrons. The summed E-state index contributed by atoms with van der Waals surface area (Å²) in [5.41, 5.74) is 1.30. The molecule has 3 aromatic heterocycles. The van der Waals surface area contributed by atoms with Crippen LogP contribution in [0.25, 0.3) is 21.7 Å². The van der Waals surface area contributed by atoms with E-state index in [4.69, 9.17) is 13.9 Å². The topological polar surface area (TPSA) is 107 Å². The lowest BCUT2D eigenvalue weighted by atomic mass is 10.1. The number of pyridine rings is 1. The highest BCUT2D eigenvalue weighted by atomic mass is 32.2. The molecule has 0 atom stereocenters. The Labute approximate surface area is 227 Å². The molecule has 0 bridgehead atoms. The third-order valence-electron chi connectivity index (χ3n) is 6.43. The molecule has 0 unspecified atom stereocenters. The van der Waals surface area contributed by atoms with Gasteiger partial charge in [0.1, 0.15) is 23.6 Å². The van der Waals surface area contributed by atoms with Gasteiger partial charge in [-0.25, -0.2) is 8.42 Å². The van der Waals surface area contributed by atoms with Crippen molar-refractivity contribution in [2.75, 3.05) is 24.7 Å². The van der Waals surface area contributed by atoms with Gasteiger partial charge in [-0.3, -0.25) is 9.29 Å². The minimum absolute atomic E-state index is 0.0654. The van der Waals surface area contributed by atoms with Crippen LogP contribution >= 0.6 is 0 Å². The van der Waals surface area contributed by atoms with Crippen molar-refractivity contribution in [2.45, 2.75) is 19.3 Å². The van der Waals surface area contributed by atoms with Gasteiger partial charge in [-0.15, -0.1) is 0 Å². The highest BCUT2D eigenvalue weighted by molar-refractivity contribution is 7.92. The summed E-state index contributed by atoms with van der Waals surface area (Å²) in [5, 5.41) is 12.2. The van der Waals surface area contributed by atoms with Crippen molar-refractivity contribution in [1.29, 1.82) is 0 Å². The zero-order chi connectivity index (χ0) is 28.8. The van der Waals surface area contributed by atoms with Crippen LogP contribution in [-0.2, 0) is 29.4 Å². The van der Waals surface area contributed by atoms with E-state index in [0.29, 0.717) is 22.0 Å². The van der Waals surface area contributed by atoms with Crippen LogP contribution in [0.1, 0.15) is 17.1 Å². The van der Waals surface area contributed by atoms with Crippen LogP contribution in [0.3, 0.4) is 0 Å². The molecule has 1 N–H and O–H groups in total. The number of rotatable bonds is 8. The molecule has 0 aliphatic rings. The molecule has 3 heterocycles. The Hall–Kier alpha value is -4.39. The van der Waals surface area contributed by atoms with E-state index in [1.54, 1.807) is 43.5 Å². The molecule has 5 rings (SSSR count). The molecule has 0 radical (unpaired) electrons. The molecule has 0 aliphatic heterocycles. The van der Waals surface area contributed by atoms with Gasteiger partial charge >= 0.3 is 6.18 Å². The lowest BCUT2D eigenvalue weighted by Crippen LogP contribution is -2.25. The number of furan rings is 1. The number of alkyl halides is 3. The third kappa shape index (κ3) is 4.99. The van der Waals surface area contributed by atoms with Crippen molar-refractivity contribution in [1.82, 2.24) is 9.55 Å². The van der Waals surface area contributed by atoms with Gasteiger partial charge in [0.2, 0.25) is 21.7 Å². The number of aromatic nitrogens is 2. The van der Waals surface area contributed by atoms with Crippen molar-refractivity contribution < 1.29 is 40.6 Å². The summed E-state index contributed by atoms with van der Waals surface area (Å²) in [6.07, 6.45) is -0.676. The van der Waals surface area contributed by atoms with E-state index in [-0.39, 0.29) is 41.6 Å². The van der Waals surface area contributed by atoms with Gasteiger partial charge in [0.25, 0.3) is 0 Å². The third-order valence-corrected chi connectivity index (χ3v) is 7.61. The number of sulfonamides is 1. The van der Waals surface area contributed by atoms with Gasteiger partial charge in [-0.1, -0.05) is 12.1 Å². The molecule has 0 saturated carbocycles. The predicted molar refractivity (Wildman–Crippen MR) is 142 cm³/mol. The smallest absolute Gasteiger partial charge is 0.449 e. The van der Waals surface area contributed by atoms with E-state index >= 15 is 0 Å². The number of aromatic hydroxyl groups is 1. The summed E-state index contributed by atoms with van der Waals surface area (Å²) in [7, 11) is -0.854. The van der Waals surface area contributed by atoms with E-state index < -0.39 is 22.0 Å². The quantitative estimate of drug-likeness (QED) is 0.259. The summed E-state index contributed by atoms with van der Waals surface area (Å²) in [6, 6.07) is 12.4. The van der Waals surface area contributed by atoms with Gasteiger partial charge < -0.3 is 23.6 Å². The first-order valence-electron chi connectivity index (χ1n) is 11.9. The first kappa shape index (κ1) is 27.2. The summed E-state index contributed by atoms with van der Waals surface area (Å²) < 4.78 is 83.1. The molecule has 0 amide bonds. The van der Waals surface area contributed by atoms with Crippen molar-refractivity contribution in [2.24, 2.45) is 0 Å². The maximum atomic E-state index is 13.1. The maximum absolute atomic E-state index is 13.1. The first-order valence-corrected chi connectivity index (χ1v) is 13.7. The molecule has 2 aromatic carbocycles. The Balaban J connectivity index is 1.70. The minimum Gasteiger partial charge on any atom is -0.497 e. The number of halogens is 3. The van der Waals surface area contributed by atoms with Crippen LogP contribution < -0.4 is 13.8 Å². The van der Waals surface area contributed by atoms with E-state index in [1.165, 1.54) is 24.0 Å². The number of ether oxygens (including phenoxy) is 2. The molecule has 5 aromatic rings. The fourth-order valence-electron chi connectivity index (χ4n) is 4.42. The number of nitrogens with zero attached hydrogens (tertiary/aromatic N) is 3. The second kappa shape index (κ2) is 9.97. The van der Waals surface area contributed by atoms with Gasteiger partial charge in [0, 0.05) is 30.2 Å². The molecule has 0 spiro atoms. The summed E-state index contributed by atoms with van der Waals surface area (Å²) in [5.74, 6) is -0.758. The van der Waals surface area contributed by atoms with Crippen molar-refractivity contribution in [3.05, 3.63) is 78.0 Å². The average molecular weight is 576 g/mol. The fraction of sp³-hybridized carbons (Fsp3) is 0.222. The highest BCUT2D eigenvalue weighted by Gasteiger charge is 2.35. The molecule has 0 saturated heterocycles. The molecular weight excluding hydrogens is 551 g/mol. The average Bonchev–Trinajstić information content (AvgIpc) is 3.51. The Morgan fingerprint density at radius 2 is 1.82 bits per heavy atom. The van der Waals surface area contributed by atoms with Crippen molar-refractivity contribution >= 4 is 37.4 Å². The summed E-state index contributed by atoms with van der Waals surface area (Å²) in [4.78, 5) is 4.43. The van der Waals surface area contributed by atoms with Gasteiger partial charge in [0.05, 0.1) is 31.0 Å². The van der Waals surface area contributed by atoms with Crippen LogP contribution in [0, 0.1) is 0 Å². The van der Waals surface area contributed by atoms with Crippen LogP contribution in [-0.4, -0.2) is 43.5 Å². The Morgan fingerprint density at radius 1 is 1.10 bits per heavy atom. The Bertz CT molecular complexity index is 1810. The van der Waals surface area contributed by atoms with Crippen LogP contribution in [0.15, 0.2) is 65.3 Å². The van der Waals surface area contributed by atoms with Gasteiger partial charge in [-0.2, -0.15) is 13.2 Å². The zero-order valence-corrected chi connectivity index (χ0v) is 22.4. The van der Waals surface area contributed by atoms with E-state index in [9.17, 15) is 26.7 Å². The van der Waals surface area contributed by atoms with Crippen LogP contribution in [0.5, 0.6) is 17.4 Å². The molecule has 13 heteroatoms. The van der Waals surface area contributed by atoms with Crippen molar-refractivity contribution in [3.63, 3.8) is 0 Å². The number of hydrogen-bond donors (Lipinski definition) is 1. The summed E-state index contributed by atoms with van der Waals surface area (Å²) >= 11 is 0. The standard InChI is InChI=1S/C27H24F3N3O6S/c1-32(40(3,35)36)24-19-5-4-12-31-23(19)25(38-15-16-6-8-17(37-2)9-7-16)22-20(24)14-33(26(22)34)13-18-10-11-21(39-18)27(28,29)30/h4-12,14,34H,13,15H2,1-3H3. The maximum Gasteiger partial charge on any atom is 0.449 e. The van der Waals surface area contributed by atoms with Gasteiger partial charge in [0.15, 0.2) is 5.75 Å². The highest BCUT2D eigenvalue weighted by Crippen LogP contribution is 2.47. The Kier molecular flexibility index (Phi) is 6.78. The van der Waals surface area contributed by atoms with E-state index in [2.05, 4.69) is 4.98 Å². The first-order chi connectivity index (χ1) is 18.9. The number of methoxy groups -OCH3 is 1. The number of hydrogen-bond acceptors (Lipinski definition) is 7. The van der Waals surface area contributed by atoms with Crippen LogP contribution in [0.2, 0.25) is 0 Å². The largest absolute Gasteiger partial charge is 0.497 e. The molecule has 9 nitrogen and oxygen atoms in total. The SMILES string of the molecule is COc1ccc(COc2c3ncccc3c(N(C)S(C)(=O)=O)c3cn(Cc4ccc(C(F)(F)F)o4)c(O)c23)cc1. The zero-order valence-electron chi connectivity index (χ0n) is 21.6. The molecule has 0 aliphatic carbocycles. The van der Waals surface area contributed by atoms with Crippen LogP contribution in [0.4, 0.5) is 18.9 Å². The van der Waals surface area contributed by atoms with E-state index in [1.807, 2.05) is 0 Å². The molecular formula is C27H24F3N3O6S. The van der Waals surface area contributed by atoms with Gasteiger partial charge in [-0.05, 0) is 42.0 Å². The second-order valence-corrected chi connectivity index (χ2v) is 11.1. The monoisotopic (exact) mass is 575 g/mol. The Morgan fingerprint density at radius 3 is 2.45 bits per heavy atom. The normalized spacial score (nSPS) is 12.2. The number of anilines is 1. The summed E-state index contributed by atoms with van der Waals surface area (Å²) in [6.45, 7) is -0.190. The lowest BCUT2D eigenvalue weighted by Gasteiger charge is -2.21. The van der Waals surface area contributed by atoms with E-state index in [0.717, 1.165) is 28.3 Å². The number of fused-ring (bicyclic) bond motifs is 2. The molecule has 0 fully saturated rings. The van der Waals surface area contributed by atoms with Crippen molar-refractivity contribution in [3.8, 4) is 17.4 Å². The number of benzene rings is 2. The second-order valence-electron chi connectivity index (χ2n) is 9.08. The fourth-order valence-corrected chi connectivity index (χ4v) is 4.94. The predicted octanol–water partition coefficient (Wildman–Crippen LogP) is 5.54. The lowest BCUT2D eigenvalue weighted by molar-refractivity contribution is -0.153. The minimum atomic E-state index is -4.67.